The maximum Gasteiger partial charge on any atom is 0.226 e. The molecule has 84 valence electrons. The average molecular weight is 215 g/mol. The highest BCUT2D eigenvalue weighted by molar-refractivity contribution is 5.80. The summed E-state index contributed by atoms with van der Waals surface area (Å²) in [6, 6.07) is 10.8. The van der Waals surface area contributed by atoms with Gasteiger partial charge in [-0.15, -0.1) is 0 Å². The molecule has 1 aliphatic carbocycles. The zero-order valence-electron chi connectivity index (χ0n) is 9.43. The van der Waals surface area contributed by atoms with Crippen molar-refractivity contribution in [1.82, 2.24) is 4.90 Å². The van der Waals surface area contributed by atoms with Gasteiger partial charge in [0, 0.05) is 18.5 Å². The van der Waals surface area contributed by atoms with Crippen molar-refractivity contribution in [3.05, 3.63) is 35.9 Å². The van der Waals surface area contributed by atoms with E-state index in [0.29, 0.717) is 17.9 Å². The highest BCUT2D eigenvalue weighted by Crippen LogP contribution is 2.36. The molecule has 4 rings (SSSR count). The molecule has 0 atom stereocenters. The van der Waals surface area contributed by atoms with Gasteiger partial charge in [0.15, 0.2) is 0 Å². The second-order valence-electron chi connectivity index (χ2n) is 4.96. The van der Waals surface area contributed by atoms with Gasteiger partial charge in [-0.1, -0.05) is 30.3 Å². The molecular weight excluding hydrogens is 198 g/mol. The number of benzene rings is 1. The third kappa shape index (κ3) is 1.62. The first-order valence-electron chi connectivity index (χ1n) is 6.19. The van der Waals surface area contributed by atoms with Crippen LogP contribution in [0, 0.1) is 5.92 Å². The topological polar surface area (TPSA) is 20.3 Å². The summed E-state index contributed by atoms with van der Waals surface area (Å²) in [5, 5.41) is 0. The Hall–Kier alpha value is -1.31. The fourth-order valence-electron chi connectivity index (χ4n) is 3.04. The van der Waals surface area contributed by atoms with Crippen LogP contribution in [0.25, 0.3) is 0 Å². The van der Waals surface area contributed by atoms with Gasteiger partial charge in [-0.25, -0.2) is 0 Å². The van der Waals surface area contributed by atoms with E-state index in [1.54, 1.807) is 0 Å². The van der Waals surface area contributed by atoms with Crippen LogP contribution in [-0.4, -0.2) is 16.8 Å². The van der Waals surface area contributed by atoms with Crippen LogP contribution in [0.3, 0.4) is 0 Å². The van der Waals surface area contributed by atoms with Crippen LogP contribution < -0.4 is 0 Å². The standard InChI is InChI=1S/C14H17NO/c16-14-12-6-8-13(9-7-12)15(14)10-11-4-2-1-3-5-11/h1-5,12-13H,6-10H2. The molecule has 1 aromatic carbocycles. The van der Waals surface area contributed by atoms with E-state index in [4.69, 9.17) is 0 Å². The Morgan fingerprint density at radius 1 is 1.06 bits per heavy atom. The van der Waals surface area contributed by atoms with Gasteiger partial charge in [0.05, 0.1) is 0 Å². The second-order valence-corrected chi connectivity index (χ2v) is 4.96. The van der Waals surface area contributed by atoms with Crippen LogP contribution in [0.1, 0.15) is 31.2 Å². The normalized spacial score (nSPS) is 28.5. The van der Waals surface area contributed by atoms with Crippen molar-refractivity contribution in [3.63, 3.8) is 0 Å². The Morgan fingerprint density at radius 2 is 1.75 bits per heavy atom. The largest absolute Gasteiger partial charge is 0.335 e. The molecule has 1 saturated carbocycles. The van der Waals surface area contributed by atoms with Crippen LogP contribution in [0.15, 0.2) is 30.3 Å². The minimum atomic E-state index is 0.328. The van der Waals surface area contributed by atoms with Gasteiger partial charge >= 0.3 is 0 Å². The lowest BCUT2D eigenvalue weighted by Gasteiger charge is -2.44. The van der Waals surface area contributed by atoms with E-state index < -0.39 is 0 Å². The number of nitrogens with zero attached hydrogens (tertiary/aromatic N) is 1. The Morgan fingerprint density at radius 3 is 2.38 bits per heavy atom. The van der Waals surface area contributed by atoms with Crippen molar-refractivity contribution >= 4 is 5.91 Å². The lowest BCUT2D eigenvalue weighted by Crippen LogP contribution is -2.51. The Labute approximate surface area is 96.3 Å². The fourth-order valence-corrected chi connectivity index (χ4v) is 3.04. The van der Waals surface area contributed by atoms with E-state index in [1.165, 1.54) is 18.4 Å². The third-order valence-corrected chi connectivity index (χ3v) is 3.97. The lowest BCUT2D eigenvalue weighted by atomic mass is 9.79. The van der Waals surface area contributed by atoms with Crippen LogP contribution in [0.5, 0.6) is 0 Å². The third-order valence-electron chi connectivity index (χ3n) is 3.97. The number of rotatable bonds is 2. The summed E-state index contributed by atoms with van der Waals surface area (Å²) in [7, 11) is 0. The minimum Gasteiger partial charge on any atom is -0.335 e. The van der Waals surface area contributed by atoms with Gasteiger partial charge in [0.2, 0.25) is 5.91 Å². The van der Waals surface area contributed by atoms with E-state index in [-0.39, 0.29) is 0 Å². The average Bonchev–Trinajstić information content (AvgIpc) is 2.36. The summed E-state index contributed by atoms with van der Waals surface area (Å²) in [5.74, 6) is 0.722. The first-order chi connectivity index (χ1) is 7.84. The van der Waals surface area contributed by atoms with E-state index in [0.717, 1.165) is 19.4 Å². The van der Waals surface area contributed by atoms with Crippen LogP contribution in [0.4, 0.5) is 0 Å². The number of hydrogen-bond acceptors (Lipinski definition) is 1. The molecule has 0 radical (unpaired) electrons. The fraction of sp³-hybridized carbons (Fsp3) is 0.500. The number of amides is 1. The van der Waals surface area contributed by atoms with Gasteiger partial charge in [-0.05, 0) is 31.2 Å². The van der Waals surface area contributed by atoms with Crippen molar-refractivity contribution < 1.29 is 4.79 Å². The summed E-state index contributed by atoms with van der Waals surface area (Å²) in [4.78, 5) is 14.2. The summed E-state index contributed by atoms with van der Waals surface area (Å²) < 4.78 is 0. The van der Waals surface area contributed by atoms with Gasteiger partial charge < -0.3 is 4.90 Å². The van der Waals surface area contributed by atoms with Crippen molar-refractivity contribution in [3.8, 4) is 0 Å². The van der Waals surface area contributed by atoms with Crippen LogP contribution in [0.2, 0.25) is 0 Å². The molecule has 0 N–H and O–H groups in total. The summed E-state index contributed by atoms with van der Waals surface area (Å²) >= 11 is 0. The van der Waals surface area contributed by atoms with E-state index in [1.807, 2.05) is 18.2 Å². The molecule has 2 heterocycles. The first kappa shape index (κ1) is 9.88. The molecule has 2 nitrogen and oxygen atoms in total. The molecule has 0 spiro atoms. The molecule has 0 unspecified atom stereocenters. The smallest absolute Gasteiger partial charge is 0.226 e. The summed E-state index contributed by atoms with van der Waals surface area (Å²) in [6.45, 7) is 0.806. The molecule has 1 aromatic rings. The molecule has 3 aliphatic rings. The molecular formula is C14H17NO. The number of piperidine rings is 2. The number of carbonyl (C=O) groups is 1. The first-order valence-corrected chi connectivity index (χ1v) is 6.19. The lowest BCUT2D eigenvalue weighted by molar-refractivity contribution is -0.147. The maximum atomic E-state index is 12.1. The van der Waals surface area contributed by atoms with E-state index in [9.17, 15) is 4.79 Å². The molecule has 2 heteroatoms. The zero-order chi connectivity index (χ0) is 11.0. The predicted octanol–water partition coefficient (Wildman–Crippen LogP) is 2.59. The predicted molar refractivity (Wildman–Crippen MR) is 62.7 cm³/mol. The molecule has 2 aliphatic heterocycles. The van der Waals surface area contributed by atoms with Crippen molar-refractivity contribution in [2.75, 3.05) is 0 Å². The van der Waals surface area contributed by atoms with Gasteiger partial charge in [-0.2, -0.15) is 0 Å². The Bertz CT molecular complexity index is 379. The quantitative estimate of drug-likeness (QED) is 0.742. The molecule has 16 heavy (non-hydrogen) atoms. The Kier molecular flexibility index (Phi) is 2.43. The highest BCUT2D eigenvalue weighted by atomic mass is 16.2. The highest BCUT2D eigenvalue weighted by Gasteiger charge is 2.39. The second kappa shape index (κ2) is 3.93. The Balaban J connectivity index is 1.78. The van der Waals surface area contributed by atoms with E-state index in [2.05, 4.69) is 17.0 Å². The SMILES string of the molecule is O=C1C2CCC(CC2)N1Cc1ccccc1. The summed E-state index contributed by atoms with van der Waals surface area (Å²) in [6.07, 6.45) is 4.66. The molecule has 3 fully saturated rings. The van der Waals surface area contributed by atoms with Gasteiger partial charge in [-0.3, -0.25) is 4.79 Å². The number of hydrogen-bond donors (Lipinski definition) is 0. The molecule has 2 saturated heterocycles. The monoisotopic (exact) mass is 215 g/mol. The number of fused-ring (bicyclic) bond motifs is 3. The van der Waals surface area contributed by atoms with E-state index >= 15 is 0 Å². The van der Waals surface area contributed by atoms with Gasteiger partial charge in [0.1, 0.15) is 0 Å². The van der Waals surface area contributed by atoms with Crippen LogP contribution in [-0.2, 0) is 11.3 Å². The minimum absolute atomic E-state index is 0.328. The van der Waals surface area contributed by atoms with Gasteiger partial charge in [0.25, 0.3) is 0 Å². The zero-order valence-corrected chi connectivity index (χ0v) is 9.43. The van der Waals surface area contributed by atoms with Crippen molar-refractivity contribution in [2.45, 2.75) is 38.3 Å². The summed E-state index contributed by atoms with van der Waals surface area (Å²) in [5.41, 5.74) is 1.25. The molecule has 0 aromatic heterocycles. The molecule has 2 bridgehead atoms. The molecule has 1 amide bonds. The van der Waals surface area contributed by atoms with Crippen molar-refractivity contribution in [2.24, 2.45) is 5.92 Å². The maximum absolute atomic E-state index is 12.1. The number of carbonyl (C=O) groups excluding carboxylic acids is 1. The van der Waals surface area contributed by atoms with Crippen LogP contribution >= 0.6 is 0 Å². The van der Waals surface area contributed by atoms with Crippen molar-refractivity contribution in [1.29, 1.82) is 0 Å².